The molecule has 2 aliphatic rings. The SMILES string of the molecule is OC1CCc2c(OCC3CCCO3)cccc21. The highest BCUT2D eigenvalue weighted by atomic mass is 16.5. The second-order valence-corrected chi connectivity index (χ2v) is 4.82. The molecule has 0 aromatic heterocycles. The molecule has 1 aliphatic carbocycles. The molecule has 1 fully saturated rings. The Hall–Kier alpha value is -1.06. The van der Waals surface area contributed by atoms with Crippen molar-refractivity contribution in [2.24, 2.45) is 0 Å². The van der Waals surface area contributed by atoms with Crippen LogP contribution in [-0.4, -0.2) is 24.4 Å². The minimum Gasteiger partial charge on any atom is -0.491 e. The van der Waals surface area contributed by atoms with Gasteiger partial charge in [-0.1, -0.05) is 12.1 Å². The van der Waals surface area contributed by atoms with Gasteiger partial charge < -0.3 is 14.6 Å². The molecule has 17 heavy (non-hydrogen) atoms. The van der Waals surface area contributed by atoms with E-state index in [4.69, 9.17) is 9.47 Å². The van der Waals surface area contributed by atoms with Gasteiger partial charge in [0.2, 0.25) is 0 Å². The third kappa shape index (κ3) is 2.17. The molecular weight excluding hydrogens is 216 g/mol. The summed E-state index contributed by atoms with van der Waals surface area (Å²) in [6, 6.07) is 5.94. The number of hydrogen-bond acceptors (Lipinski definition) is 3. The van der Waals surface area contributed by atoms with Gasteiger partial charge in [0.15, 0.2) is 0 Å². The minimum absolute atomic E-state index is 0.247. The summed E-state index contributed by atoms with van der Waals surface area (Å²) >= 11 is 0. The first-order chi connectivity index (χ1) is 8.34. The average Bonchev–Trinajstić information content (AvgIpc) is 2.97. The number of rotatable bonds is 3. The van der Waals surface area contributed by atoms with Crippen molar-refractivity contribution in [3.8, 4) is 5.75 Å². The molecule has 3 heteroatoms. The molecule has 1 N–H and O–H groups in total. The van der Waals surface area contributed by atoms with Crippen molar-refractivity contribution in [3.05, 3.63) is 29.3 Å². The molecular formula is C14H18O3. The van der Waals surface area contributed by atoms with Crippen molar-refractivity contribution in [2.45, 2.75) is 37.9 Å². The van der Waals surface area contributed by atoms with Crippen molar-refractivity contribution in [1.29, 1.82) is 0 Å². The summed E-state index contributed by atoms with van der Waals surface area (Å²) in [4.78, 5) is 0. The Balaban J connectivity index is 1.71. The van der Waals surface area contributed by atoms with Gasteiger partial charge in [-0.05, 0) is 37.3 Å². The van der Waals surface area contributed by atoms with E-state index in [1.54, 1.807) is 0 Å². The lowest BCUT2D eigenvalue weighted by Gasteiger charge is -2.14. The van der Waals surface area contributed by atoms with Crippen molar-refractivity contribution < 1.29 is 14.6 Å². The number of benzene rings is 1. The van der Waals surface area contributed by atoms with Crippen molar-refractivity contribution >= 4 is 0 Å². The second-order valence-electron chi connectivity index (χ2n) is 4.82. The first-order valence-corrected chi connectivity index (χ1v) is 6.39. The van der Waals surface area contributed by atoms with E-state index in [0.717, 1.165) is 43.6 Å². The molecule has 2 unspecified atom stereocenters. The fourth-order valence-corrected chi connectivity index (χ4v) is 2.69. The van der Waals surface area contributed by atoms with Gasteiger partial charge in [-0.25, -0.2) is 0 Å². The standard InChI is InChI=1S/C14H18O3/c15-13-7-6-12-11(13)4-1-5-14(12)17-9-10-3-2-8-16-10/h1,4-5,10,13,15H,2-3,6-9H2. The Bertz CT molecular complexity index is 396. The molecule has 0 amide bonds. The van der Waals surface area contributed by atoms with Crippen molar-refractivity contribution in [3.63, 3.8) is 0 Å². The first kappa shape index (κ1) is 11.1. The maximum absolute atomic E-state index is 9.81. The molecule has 3 rings (SSSR count). The lowest BCUT2D eigenvalue weighted by Crippen LogP contribution is -2.16. The number of aliphatic hydroxyl groups is 1. The van der Waals surface area contributed by atoms with Gasteiger partial charge in [-0.3, -0.25) is 0 Å². The molecule has 1 aromatic rings. The van der Waals surface area contributed by atoms with Gasteiger partial charge >= 0.3 is 0 Å². The summed E-state index contributed by atoms with van der Waals surface area (Å²) in [5.41, 5.74) is 2.22. The highest BCUT2D eigenvalue weighted by molar-refractivity contribution is 5.44. The van der Waals surface area contributed by atoms with Gasteiger partial charge in [0.1, 0.15) is 12.4 Å². The van der Waals surface area contributed by atoms with Crippen LogP contribution in [0.4, 0.5) is 0 Å². The largest absolute Gasteiger partial charge is 0.491 e. The molecule has 1 saturated heterocycles. The summed E-state index contributed by atoms with van der Waals surface area (Å²) in [6.07, 6.45) is 3.90. The molecule has 3 nitrogen and oxygen atoms in total. The molecule has 0 bridgehead atoms. The molecule has 0 spiro atoms. The Labute approximate surface area is 101 Å². The van der Waals surface area contributed by atoms with Crippen LogP contribution < -0.4 is 4.74 Å². The van der Waals surface area contributed by atoms with E-state index in [-0.39, 0.29) is 12.2 Å². The minimum atomic E-state index is -0.309. The zero-order chi connectivity index (χ0) is 11.7. The van der Waals surface area contributed by atoms with Crippen molar-refractivity contribution in [2.75, 3.05) is 13.2 Å². The molecule has 0 radical (unpaired) electrons. The van der Waals surface area contributed by atoms with Gasteiger partial charge in [-0.15, -0.1) is 0 Å². The van der Waals surface area contributed by atoms with Gasteiger partial charge in [0.25, 0.3) is 0 Å². The Kier molecular flexibility index (Phi) is 3.04. The summed E-state index contributed by atoms with van der Waals surface area (Å²) in [6.45, 7) is 1.49. The predicted molar refractivity (Wildman–Crippen MR) is 64.2 cm³/mol. The highest BCUT2D eigenvalue weighted by Gasteiger charge is 2.24. The number of ether oxygens (including phenoxy) is 2. The van der Waals surface area contributed by atoms with Crippen LogP contribution in [0.1, 0.15) is 36.5 Å². The van der Waals surface area contributed by atoms with Crippen molar-refractivity contribution in [1.82, 2.24) is 0 Å². The zero-order valence-corrected chi connectivity index (χ0v) is 9.89. The van der Waals surface area contributed by atoms with Crippen LogP contribution in [-0.2, 0) is 11.2 Å². The molecule has 1 aromatic carbocycles. The molecule has 92 valence electrons. The highest BCUT2D eigenvalue weighted by Crippen LogP contribution is 2.36. The van der Waals surface area contributed by atoms with Crippen LogP contribution in [0.3, 0.4) is 0 Å². The number of fused-ring (bicyclic) bond motifs is 1. The van der Waals surface area contributed by atoms with Gasteiger partial charge in [0, 0.05) is 12.2 Å². The van der Waals surface area contributed by atoms with Gasteiger partial charge in [-0.2, -0.15) is 0 Å². The van der Waals surface area contributed by atoms with Crippen LogP contribution in [0.5, 0.6) is 5.75 Å². The fraction of sp³-hybridized carbons (Fsp3) is 0.571. The van der Waals surface area contributed by atoms with E-state index in [2.05, 4.69) is 0 Å². The smallest absolute Gasteiger partial charge is 0.122 e. The van der Waals surface area contributed by atoms with Crippen LogP contribution >= 0.6 is 0 Å². The van der Waals surface area contributed by atoms with E-state index in [0.29, 0.717) is 6.61 Å². The summed E-state index contributed by atoms with van der Waals surface area (Å²) in [5.74, 6) is 0.926. The van der Waals surface area contributed by atoms with Crippen LogP contribution in [0.2, 0.25) is 0 Å². The Morgan fingerprint density at radius 2 is 2.29 bits per heavy atom. The molecule has 1 aliphatic heterocycles. The number of aliphatic hydroxyl groups excluding tert-OH is 1. The van der Waals surface area contributed by atoms with E-state index in [1.165, 1.54) is 5.56 Å². The lowest BCUT2D eigenvalue weighted by molar-refractivity contribution is 0.0676. The predicted octanol–water partition coefficient (Wildman–Crippen LogP) is 2.22. The Morgan fingerprint density at radius 1 is 1.35 bits per heavy atom. The van der Waals surface area contributed by atoms with E-state index >= 15 is 0 Å². The molecule has 1 heterocycles. The van der Waals surface area contributed by atoms with Crippen LogP contribution in [0.25, 0.3) is 0 Å². The molecule has 2 atom stereocenters. The molecule has 0 saturated carbocycles. The monoisotopic (exact) mass is 234 g/mol. The summed E-state index contributed by atoms with van der Waals surface area (Å²) in [5, 5.41) is 9.81. The maximum Gasteiger partial charge on any atom is 0.122 e. The lowest BCUT2D eigenvalue weighted by atomic mass is 10.1. The second kappa shape index (κ2) is 4.67. The third-order valence-corrected chi connectivity index (χ3v) is 3.64. The van der Waals surface area contributed by atoms with E-state index in [9.17, 15) is 5.11 Å². The Morgan fingerprint density at radius 3 is 3.12 bits per heavy atom. The van der Waals surface area contributed by atoms with E-state index in [1.807, 2.05) is 18.2 Å². The average molecular weight is 234 g/mol. The summed E-state index contributed by atoms with van der Waals surface area (Å²) in [7, 11) is 0. The zero-order valence-electron chi connectivity index (χ0n) is 9.89. The third-order valence-electron chi connectivity index (χ3n) is 3.64. The topological polar surface area (TPSA) is 38.7 Å². The fourth-order valence-electron chi connectivity index (χ4n) is 2.69. The van der Waals surface area contributed by atoms with Gasteiger partial charge in [0.05, 0.1) is 12.2 Å². The quantitative estimate of drug-likeness (QED) is 0.871. The normalized spacial score (nSPS) is 27.1. The van der Waals surface area contributed by atoms with E-state index < -0.39 is 0 Å². The van der Waals surface area contributed by atoms with Crippen LogP contribution in [0, 0.1) is 0 Å². The van der Waals surface area contributed by atoms with Crippen LogP contribution in [0.15, 0.2) is 18.2 Å². The first-order valence-electron chi connectivity index (χ1n) is 6.39. The summed E-state index contributed by atoms with van der Waals surface area (Å²) < 4.78 is 11.4. The number of hydrogen-bond donors (Lipinski definition) is 1. The maximum atomic E-state index is 9.81.